The van der Waals surface area contributed by atoms with E-state index in [0.29, 0.717) is 30.9 Å². The molecule has 1 aromatic rings. The first-order valence-corrected chi connectivity index (χ1v) is 4.98. The highest BCUT2D eigenvalue weighted by Crippen LogP contribution is 2.14. The molecule has 0 aliphatic carbocycles. The van der Waals surface area contributed by atoms with Crippen molar-refractivity contribution in [3.05, 3.63) is 5.89 Å². The van der Waals surface area contributed by atoms with E-state index < -0.39 is 0 Å². The normalized spacial score (nSPS) is 10.9. The summed E-state index contributed by atoms with van der Waals surface area (Å²) in [5.74, 6) is 0.613. The van der Waals surface area contributed by atoms with Crippen molar-refractivity contribution in [2.75, 3.05) is 18.0 Å². The van der Waals surface area contributed by atoms with Gasteiger partial charge in [0.25, 0.3) is 0 Å². The molecule has 0 fully saturated rings. The molecular weight excluding hydrogens is 180 g/mol. The molecule has 0 saturated carbocycles. The lowest BCUT2D eigenvalue weighted by Crippen LogP contribution is -2.30. The predicted molar refractivity (Wildman–Crippen MR) is 55.2 cm³/mol. The van der Waals surface area contributed by atoms with E-state index in [1.165, 1.54) is 0 Å². The smallest absolute Gasteiger partial charge is 0.318 e. The van der Waals surface area contributed by atoms with Gasteiger partial charge in [0.15, 0.2) is 0 Å². The third kappa shape index (κ3) is 2.45. The van der Waals surface area contributed by atoms with Gasteiger partial charge < -0.3 is 15.1 Å². The molecule has 1 heterocycles. The summed E-state index contributed by atoms with van der Waals surface area (Å²) in [4.78, 5) is 2.05. The highest BCUT2D eigenvalue weighted by molar-refractivity contribution is 5.24. The summed E-state index contributed by atoms with van der Waals surface area (Å²) in [7, 11) is 0. The Morgan fingerprint density at radius 1 is 1.43 bits per heavy atom. The Bertz CT molecular complexity index is 272. The van der Waals surface area contributed by atoms with Gasteiger partial charge in [-0.2, -0.15) is 0 Å². The SMILES string of the molecule is CCN(c1nnc(CCN)o1)C(C)C. The van der Waals surface area contributed by atoms with Crippen LogP contribution in [0.3, 0.4) is 0 Å². The van der Waals surface area contributed by atoms with Crippen LogP contribution in [0.5, 0.6) is 0 Å². The third-order valence-electron chi connectivity index (χ3n) is 2.02. The van der Waals surface area contributed by atoms with Crippen molar-refractivity contribution in [1.82, 2.24) is 10.2 Å². The molecule has 5 nitrogen and oxygen atoms in total. The molecule has 0 saturated heterocycles. The predicted octanol–water partition coefficient (Wildman–Crippen LogP) is 0.805. The van der Waals surface area contributed by atoms with E-state index in [1.807, 2.05) is 4.90 Å². The molecule has 2 N–H and O–H groups in total. The van der Waals surface area contributed by atoms with Gasteiger partial charge in [-0.25, -0.2) is 0 Å². The second kappa shape index (κ2) is 4.95. The number of hydrogen-bond donors (Lipinski definition) is 1. The van der Waals surface area contributed by atoms with Crippen LogP contribution in [-0.4, -0.2) is 29.3 Å². The molecule has 0 aliphatic rings. The van der Waals surface area contributed by atoms with Crippen LogP contribution in [0.4, 0.5) is 6.01 Å². The van der Waals surface area contributed by atoms with Gasteiger partial charge in [-0.15, -0.1) is 5.10 Å². The number of nitrogens with two attached hydrogens (primary N) is 1. The summed E-state index contributed by atoms with van der Waals surface area (Å²) in [6, 6.07) is 0.956. The van der Waals surface area contributed by atoms with Crippen molar-refractivity contribution >= 4 is 6.01 Å². The minimum atomic E-state index is 0.367. The lowest BCUT2D eigenvalue weighted by atomic mass is 10.3. The fourth-order valence-electron chi connectivity index (χ4n) is 1.31. The van der Waals surface area contributed by atoms with E-state index in [9.17, 15) is 0 Å². The highest BCUT2D eigenvalue weighted by atomic mass is 16.4. The molecule has 5 heteroatoms. The molecule has 14 heavy (non-hydrogen) atoms. The van der Waals surface area contributed by atoms with Crippen LogP contribution in [0.1, 0.15) is 26.7 Å². The molecular formula is C9H18N4O. The Labute approximate surface area is 84.3 Å². The van der Waals surface area contributed by atoms with Crippen molar-refractivity contribution in [3.63, 3.8) is 0 Å². The molecule has 0 atom stereocenters. The average Bonchev–Trinajstić information content (AvgIpc) is 2.54. The van der Waals surface area contributed by atoms with Gasteiger partial charge >= 0.3 is 6.01 Å². The molecule has 0 unspecified atom stereocenters. The maximum Gasteiger partial charge on any atom is 0.318 e. The molecule has 0 amide bonds. The highest BCUT2D eigenvalue weighted by Gasteiger charge is 2.14. The largest absolute Gasteiger partial charge is 0.408 e. The quantitative estimate of drug-likeness (QED) is 0.758. The van der Waals surface area contributed by atoms with Crippen molar-refractivity contribution in [3.8, 4) is 0 Å². The Morgan fingerprint density at radius 2 is 2.14 bits per heavy atom. The van der Waals surface area contributed by atoms with E-state index in [2.05, 4.69) is 31.0 Å². The minimum absolute atomic E-state index is 0.367. The van der Waals surface area contributed by atoms with Gasteiger partial charge in [-0.3, -0.25) is 0 Å². The number of hydrogen-bond acceptors (Lipinski definition) is 5. The van der Waals surface area contributed by atoms with Gasteiger partial charge in [-0.1, -0.05) is 5.10 Å². The first kappa shape index (κ1) is 11.0. The first-order chi connectivity index (χ1) is 6.69. The Hall–Kier alpha value is -1.10. The minimum Gasteiger partial charge on any atom is -0.408 e. The third-order valence-corrected chi connectivity index (χ3v) is 2.02. The topological polar surface area (TPSA) is 68.2 Å². The van der Waals surface area contributed by atoms with Crippen molar-refractivity contribution < 1.29 is 4.42 Å². The summed E-state index contributed by atoms with van der Waals surface area (Å²) in [5, 5.41) is 7.90. The zero-order chi connectivity index (χ0) is 10.6. The van der Waals surface area contributed by atoms with Crippen LogP contribution >= 0.6 is 0 Å². The maximum atomic E-state index is 5.46. The molecule has 1 aromatic heterocycles. The van der Waals surface area contributed by atoms with Crippen LogP contribution in [-0.2, 0) is 6.42 Å². The lowest BCUT2D eigenvalue weighted by molar-refractivity contribution is 0.474. The summed E-state index contributed by atoms with van der Waals surface area (Å²) in [6.07, 6.45) is 0.642. The fourth-order valence-corrected chi connectivity index (χ4v) is 1.31. The van der Waals surface area contributed by atoms with Crippen LogP contribution in [0.25, 0.3) is 0 Å². The fraction of sp³-hybridized carbons (Fsp3) is 0.778. The van der Waals surface area contributed by atoms with Gasteiger partial charge in [0.2, 0.25) is 5.89 Å². The van der Waals surface area contributed by atoms with E-state index in [1.54, 1.807) is 0 Å². The van der Waals surface area contributed by atoms with Crippen molar-refractivity contribution in [2.45, 2.75) is 33.2 Å². The zero-order valence-electron chi connectivity index (χ0n) is 9.03. The Kier molecular flexibility index (Phi) is 3.88. The summed E-state index contributed by atoms with van der Waals surface area (Å²) >= 11 is 0. The van der Waals surface area contributed by atoms with Crippen molar-refractivity contribution in [1.29, 1.82) is 0 Å². The Morgan fingerprint density at radius 3 is 2.64 bits per heavy atom. The second-order valence-electron chi connectivity index (χ2n) is 3.40. The lowest BCUT2D eigenvalue weighted by Gasteiger charge is -2.21. The second-order valence-corrected chi connectivity index (χ2v) is 3.40. The van der Waals surface area contributed by atoms with E-state index in [4.69, 9.17) is 10.2 Å². The number of rotatable bonds is 5. The van der Waals surface area contributed by atoms with Crippen LogP contribution < -0.4 is 10.6 Å². The molecule has 0 aliphatic heterocycles. The molecule has 0 radical (unpaired) electrons. The molecule has 80 valence electrons. The van der Waals surface area contributed by atoms with Gasteiger partial charge in [-0.05, 0) is 20.8 Å². The van der Waals surface area contributed by atoms with Crippen molar-refractivity contribution in [2.24, 2.45) is 5.73 Å². The number of anilines is 1. The number of aromatic nitrogens is 2. The zero-order valence-corrected chi connectivity index (χ0v) is 9.03. The van der Waals surface area contributed by atoms with E-state index >= 15 is 0 Å². The standard InChI is InChI=1S/C9H18N4O/c1-4-13(7(2)3)9-12-11-8(14-9)5-6-10/h7H,4-6,10H2,1-3H3. The van der Waals surface area contributed by atoms with Crippen LogP contribution in [0.15, 0.2) is 4.42 Å². The summed E-state index contributed by atoms with van der Waals surface area (Å²) in [5.41, 5.74) is 5.40. The van der Waals surface area contributed by atoms with E-state index in [-0.39, 0.29) is 0 Å². The Balaban J connectivity index is 2.73. The molecule has 1 rings (SSSR count). The monoisotopic (exact) mass is 198 g/mol. The molecule has 0 bridgehead atoms. The maximum absolute atomic E-state index is 5.46. The van der Waals surface area contributed by atoms with Gasteiger partial charge in [0.05, 0.1) is 0 Å². The number of nitrogens with zero attached hydrogens (tertiary/aromatic N) is 3. The van der Waals surface area contributed by atoms with Gasteiger partial charge in [0.1, 0.15) is 0 Å². The van der Waals surface area contributed by atoms with Gasteiger partial charge in [0, 0.05) is 25.6 Å². The van der Waals surface area contributed by atoms with Crippen LogP contribution in [0.2, 0.25) is 0 Å². The summed E-state index contributed by atoms with van der Waals surface area (Å²) in [6.45, 7) is 7.65. The molecule has 0 spiro atoms. The molecule has 0 aromatic carbocycles. The van der Waals surface area contributed by atoms with E-state index in [0.717, 1.165) is 6.54 Å². The van der Waals surface area contributed by atoms with Crippen LogP contribution in [0, 0.1) is 0 Å². The average molecular weight is 198 g/mol. The first-order valence-electron chi connectivity index (χ1n) is 4.98. The summed E-state index contributed by atoms with van der Waals surface area (Å²) < 4.78 is 5.46.